The number of aliphatic hydroxyl groups excluding tert-OH is 1. The fraction of sp³-hybridized carbons (Fsp3) is 0.667. The number of hydrogen-bond acceptors (Lipinski definition) is 3. The average Bonchev–Trinajstić information content (AvgIpc) is 1.35. The van der Waals surface area contributed by atoms with Crippen LogP contribution in [0.1, 0.15) is 6.92 Å². The summed E-state index contributed by atoms with van der Waals surface area (Å²) in [7, 11) is 0. The second-order valence-corrected chi connectivity index (χ2v) is 1.01. The van der Waals surface area contributed by atoms with Crippen molar-refractivity contribution in [2.24, 2.45) is 5.16 Å². The molecule has 0 aromatic carbocycles. The van der Waals surface area contributed by atoms with Crippen LogP contribution in [-0.4, -0.2) is 22.6 Å². The van der Waals surface area contributed by atoms with Gasteiger partial charge in [-0.05, 0) is 6.92 Å². The van der Waals surface area contributed by atoms with Crippen molar-refractivity contribution in [1.29, 1.82) is 0 Å². The Labute approximate surface area is 35.9 Å². The van der Waals surface area contributed by atoms with Gasteiger partial charge in [0.05, 0.1) is 12.3 Å². The molecule has 0 heterocycles. The van der Waals surface area contributed by atoms with E-state index < -0.39 is 6.10 Å². The lowest BCUT2D eigenvalue weighted by atomic mass is 10.5. The summed E-state index contributed by atoms with van der Waals surface area (Å²) in [5, 5.41) is 18.4. The number of nitrogens with zero attached hydrogens (tertiary/aromatic N) is 1. The van der Waals surface area contributed by atoms with E-state index in [0.717, 1.165) is 6.21 Å². The van der Waals surface area contributed by atoms with Crippen molar-refractivity contribution in [2.75, 3.05) is 0 Å². The molecule has 0 spiro atoms. The van der Waals surface area contributed by atoms with Gasteiger partial charge in [-0.3, -0.25) is 0 Å². The monoisotopic (exact) mass is 89.0 g/mol. The summed E-state index contributed by atoms with van der Waals surface area (Å²) in [6.45, 7) is 1.50. The Balaban J connectivity index is 3.03. The Morgan fingerprint density at radius 2 is 2.33 bits per heavy atom. The van der Waals surface area contributed by atoms with Crippen molar-refractivity contribution >= 4 is 6.21 Å². The zero-order valence-electron chi connectivity index (χ0n) is 3.50. The summed E-state index contributed by atoms with van der Waals surface area (Å²) < 4.78 is 0. The van der Waals surface area contributed by atoms with Crippen LogP contribution in [-0.2, 0) is 0 Å². The lowest BCUT2D eigenvalue weighted by Gasteiger charge is -1.84. The van der Waals surface area contributed by atoms with Crippen molar-refractivity contribution in [3.63, 3.8) is 0 Å². The molecule has 3 nitrogen and oxygen atoms in total. The molecule has 0 radical (unpaired) electrons. The summed E-state index contributed by atoms with van der Waals surface area (Å²) in [6, 6.07) is 0. The van der Waals surface area contributed by atoms with Crippen molar-refractivity contribution in [3.05, 3.63) is 0 Å². The zero-order chi connectivity index (χ0) is 4.99. The molecule has 36 valence electrons. The highest BCUT2D eigenvalue weighted by atomic mass is 16.4. The fourth-order valence-electron chi connectivity index (χ4n) is 0.0965. The second kappa shape index (κ2) is 2.66. The molecule has 0 aliphatic rings. The van der Waals surface area contributed by atoms with Crippen LogP contribution >= 0.6 is 0 Å². The Morgan fingerprint density at radius 1 is 1.83 bits per heavy atom. The molecular weight excluding hydrogens is 82.0 g/mol. The topological polar surface area (TPSA) is 52.8 Å². The molecular formula is C3H7NO2. The van der Waals surface area contributed by atoms with Crippen LogP contribution < -0.4 is 0 Å². The van der Waals surface area contributed by atoms with E-state index in [9.17, 15) is 0 Å². The molecule has 0 fully saturated rings. The van der Waals surface area contributed by atoms with Gasteiger partial charge in [-0.2, -0.15) is 0 Å². The van der Waals surface area contributed by atoms with Crippen LogP contribution in [0.3, 0.4) is 0 Å². The summed E-state index contributed by atoms with van der Waals surface area (Å²) >= 11 is 0. The summed E-state index contributed by atoms with van der Waals surface area (Å²) in [4.78, 5) is 0. The quantitative estimate of drug-likeness (QED) is 0.266. The zero-order valence-corrected chi connectivity index (χ0v) is 3.50. The normalized spacial score (nSPS) is 15.7. The summed E-state index contributed by atoms with van der Waals surface area (Å²) in [6.07, 6.45) is 0.384. The Kier molecular flexibility index (Phi) is 2.40. The molecule has 1 unspecified atom stereocenters. The minimum Gasteiger partial charge on any atom is -0.411 e. The standard InChI is InChI=1S/C3H7NO2/c1-3(5)2-4-6/h2-3,5-6H,1H3. The van der Waals surface area contributed by atoms with E-state index >= 15 is 0 Å². The highest BCUT2D eigenvalue weighted by molar-refractivity contribution is 5.60. The van der Waals surface area contributed by atoms with Crippen molar-refractivity contribution in [3.8, 4) is 0 Å². The van der Waals surface area contributed by atoms with Crippen LogP contribution in [0, 0.1) is 0 Å². The largest absolute Gasteiger partial charge is 0.411 e. The van der Waals surface area contributed by atoms with Gasteiger partial charge in [0.25, 0.3) is 0 Å². The molecule has 0 saturated carbocycles. The molecule has 3 heteroatoms. The van der Waals surface area contributed by atoms with E-state index in [1.54, 1.807) is 0 Å². The molecule has 0 aliphatic carbocycles. The maximum absolute atomic E-state index is 8.24. The van der Waals surface area contributed by atoms with Crippen LogP contribution in [0.5, 0.6) is 0 Å². The van der Waals surface area contributed by atoms with Gasteiger partial charge in [0.2, 0.25) is 0 Å². The molecule has 6 heavy (non-hydrogen) atoms. The molecule has 0 saturated heterocycles. The minimum absolute atomic E-state index is 0.644. The third kappa shape index (κ3) is 3.43. The first-order valence-electron chi connectivity index (χ1n) is 1.63. The molecule has 0 aromatic rings. The highest BCUT2D eigenvalue weighted by Gasteiger charge is 1.81. The molecule has 1 atom stereocenters. The first-order chi connectivity index (χ1) is 2.77. The number of rotatable bonds is 1. The summed E-state index contributed by atoms with van der Waals surface area (Å²) in [5.41, 5.74) is 0. The predicted molar refractivity (Wildman–Crippen MR) is 22.0 cm³/mol. The van der Waals surface area contributed by atoms with E-state index in [-0.39, 0.29) is 0 Å². The summed E-state index contributed by atoms with van der Waals surface area (Å²) in [5.74, 6) is 0. The number of oxime groups is 1. The van der Waals surface area contributed by atoms with Gasteiger partial charge in [0.1, 0.15) is 0 Å². The smallest absolute Gasteiger partial charge is 0.0896 e. The third-order valence-corrected chi connectivity index (χ3v) is 0.282. The van der Waals surface area contributed by atoms with Gasteiger partial charge in [-0.15, -0.1) is 0 Å². The second-order valence-electron chi connectivity index (χ2n) is 1.01. The predicted octanol–water partition coefficient (Wildman–Crippen LogP) is -0.173. The highest BCUT2D eigenvalue weighted by Crippen LogP contribution is 1.67. The SMILES string of the molecule is CC(O)C=NO. The van der Waals surface area contributed by atoms with Gasteiger partial charge < -0.3 is 10.3 Å². The van der Waals surface area contributed by atoms with Crippen LogP contribution in [0.4, 0.5) is 0 Å². The van der Waals surface area contributed by atoms with E-state index in [0.29, 0.717) is 0 Å². The van der Waals surface area contributed by atoms with Crippen molar-refractivity contribution in [1.82, 2.24) is 0 Å². The lowest BCUT2D eigenvalue weighted by Crippen LogP contribution is -1.98. The van der Waals surface area contributed by atoms with E-state index in [2.05, 4.69) is 5.16 Å². The molecule has 0 bridgehead atoms. The first-order valence-corrected chi connectivity index (χ1v) is 1.63. The molecule has 2 N–H and O–H groups in total. The maximum Gasteiger partial charge on any atom is 0.0896 e. The van der Waals surface area contributed by atoms with Crippen LogP contribution in [0.25, 0.3) is 0 Å². The van der Waals surface area contributed by atoms with Gasteiger partial charge >= 0.3 is 0 Å². The Morgan fingerprint density at radius 3 is 2.33 bits per heavy atom. The van der Waals surface area contributed by atoms with E-state index in [1.807, 2.05) is 0 Å². The van der Waals surface area contributed by atoms with Gasteiger partial charge in [0.15, 0.2) is 0 Å². The third-order valence-electron chi connectivity index (χ3n) is 0.282. The van der Waals surface area contributed by atoms with Crippen LogP contribution in [0.15, 0.2) is 5.16 Å². The number of aliphatic hydroxyl groups is 1. The molecule has 0 amide bonds. The van der Waals surface area contributed by atoms with Gasteiger partial charge in [0, 0.05) is 0 Å². The van der Waals surface area contributed by atoms with Crippen molar-refractivity contribution in [2.45, 2.75) is 13.0 Å². The maximum atomic E-state index is 8.24. The number of hydrogen-bond donors (Lipinski definition) is 2. The first kappa shape index (κ1) is 5.43. The lowest BCUT2D eigenvalue weighted by molar-refractivity contribution is 0.254. The van der Waals surface area contributed by atoms with Gasteiger partial charge in [-0.1, -0.05) is 5.16 Å². The van der Waals surface area contributed by atoms with Crippen molar-refractivity contribution < 1.29 is 10.3 Å². The fourth-order valence-corrected chi connectivity index (χ4v) is 0.0965. The molecule has 0 aliphatic heterocycles. The van der Waals surface area contributed by atoms with E-state index in [1.165, 1.54) is 6.92 Å². The molecule has 0 aromatic heterocycles. The Bertz CT molecular complexity index is 50.8. The Hall–Kier alpha value is -0.570. The van der Waals surface area contributed by atoms with E-state index in [4.69, 9.17) is 10.3 Å². The van der Waals surface area contributed by atoms with Gasteiger partial charge in [-0.25, -0.2) is 0 Å². The minimum atomic E-state index is -0.644. The average molecular weight is 89.1 g/mol. The molecule has 0 rings (SSSR count). The van der Waals surface area contributed by atoms with Crippen LogP contribution in [0.2, 0.25) is 0 Å².